The summed E-state index contributed by atoms with van der Waals surface area (Å²) in [6.07, 6.45) is 0. The zero-order valence-corrected chi connectivity index (χ0v) is 6.38. The summed E-state index contributed by atoms with van der Waals surface area (Å²) in [5.41, 5.74) is 8.44. The molecule has 60 valence electrons. The van der Waals surface area contributed by atoms with Gasteiger partial charge in [-0.15, -0.1) is 0 Å². The molecule has 0 amide bonds. The Labute approximate surface area is 66.8 Å². The molecule has 1 aromatic rings. The van der Waals surface area contributed by atoms with Crippen molar-refractivity contribution in [2.24, 2.45) is 0 Å². The van der Waals surface area contributed by atoms with Crippen molar-refractivity contribution >= 4 is 0 Å². The van der Waals surface area contributed by atoms with Gasteiger partial charge in [0.2, 0.25) is 0 Å². The quantitative estimate of drug-likeness (QED) is 0.498. The largest absolute Gasteiger partial charge is 0.243 e. The summed E-state index contributed by atoms with van der Waals surface area (Å²) in [6.45, 7) is 2.06. The first kappa shape index (κ1) is 8.20. The average molecular weight is 151 g/mol. The standard InChI is InChI=1S/C6H6.C2H7N3/c1-2-4-6-5-3-1;1-2-4-5-3-1/h1-6H;3-5H,1-2H2. The Morgan fingerprint density at radius 2 is 1.00 bits per heavy atom. The molecule has 0 aliphatic carbocycles. The van der Waals surface area contributed by atoms with E-state index in [0.29, 0.717) is 0 Å². The molecule has 0 bridgehead atoms. The number of hydrogen-bond acceptors (Lipinski definition) is 3. The summed E-state index contributed by atoms with van der Waals surface area (Å²) in [7, 11) is 0. The van der Waals surface area contributed by atoms with Gasteiger partial charge in [-0.1, -0.05) is 36.4 Å². The Balaban J connectivity index is 0.000000112. The number of benzene rings is 1. The molecule has 0 aromatic heterocycles. The second kappa shape index (κ2) is 5.85. The fraction of sp³-hybridized carbons (Fsp3) is 0.250. The Hall–Kier alpha value is -0.900. The van der Waals surface area contributed by atoms with Crippen molar-refractivity contribution in [2.75, 3.05) is 13.1 Å². The van der Waals surface area contributed by atoms with E-state index in [9.17, 15) is 0 Å². The lowest BCUT2D eigenvalue weighted by molar-refractivity contribution is 0.592. The third-order valence-electron chi connectivity index (χ3n) is 1.22. The average Bonchev–Trinajstić information content (AvgIpc) is 2.64. The Bertz CT molecular complexity index is 126. The maximum absolute atomic E-state index is 2.86. The number of hydrazine groups is 2. The predicted molar refractivity (Wildman–Crippen MR) is 45.6 cm³/mol. The zero-order chi connectivity index (χ0) is 7.78. The van der Waals surface area contributed by atoms with Gasteiger partial charge in [-0.3, -0.25) is 0 Å². The monoisotopic (exact) mass is 151 g/mol. The minimum Gasteiger partial charge on any atom is -0.243 e. The van der Waals surface area contributed by atoms with Gasteiger partial charge in [-0.25, -0.2) is 10.9 Å². The van der Waals surface area contributed by atoms with Gasteiger partial charge in [0.15, 0.2) is 0 Å². The molecular formula is C8H13N3. The zero-order valence-electron chi connectivity index (χ0n) is 6.38. The van der Waals surface area contributed by atoms with Crippen LogP contribution in [0.3, 0.4) is 0 Å². The summed E-state index contributed by atoms with van der Waals surface area (Å²) in [5, 5.41) is 0. The van der Waals surface area contributed by atoms with Crippen molar-refractivity contribution < 1.29 is 0 Å². The summed E-state index contributed by atoms with van der Waals surface area (Å²) < 4.78 is 0. The van der Waals surface area contributed by atoms with Crippen LogP contribution < -0.4 is 16.4 Å². The van der Waals surface area contributed by atoms with Crippen molar-refractivity contribution in [3.05, 3.63) is 36.4 Å². The molecule has 3 nitrogen and oxygen atoms in total. The molecule has 1 heterocycles. The highest BCUT2D eigenvalue weighted by atomic mass is 15.6. The lowest BCUT2D eigenvalue weighted by Crippen LogP contribution is -2.29. The summed E-state index contributed by atoms with van der Waals surface area (Å²) >= 11 is 0. The molecule has 2 rings (SSSR count). The summed E-state index contributed by atoms with van der Waals surface area (Å²) in [4.78, 5) is 0. The molecule has 1 saturated heterocycles. The number of nitrogens with one attached hydrogen (secondary N) is 3. The third kappa shape index (κ3) is 4.50. The van der Waals surface area contributed by atoms with Gasteiger partial charge in [0.1, 0.15) is 0 Å². The van der Waals surface area contributed by atoms with Gasteiger partial charge >= 0.3 is 0 Å². The van der Waals surface area contributed by atoms with Crippen molar-refractivity contribution in [1.82, 2.24) is 16.4 Å². The molecule has 0 unspecified atom stereocenters. The van der Waals surface area contributed by atoms with E-state index in [1.54, 1.807) is 0 Å². The topological polar surface area (TPSA) is 36.1 Å². The Kier molecular flexibility index (Phi) is 4.36. The first-order valence-electron chi connectivity index (χ1n) is 3.71. The lowest BCUT2D eigenvalue weighted by Gasteiger charge is -1.82. The van der Waals surface area contributed by atoms with Crippen LogP contribution in [-0.2, 0) is 0 Å². The van der Waals surface area contributed by atoms with Crippen LogP contribution in [0.25, 0.3) is 0 Å². The van der Waals surface area contributed by atoms with Crippen LogP contribution in [-0.4, -0.2) is 13.1 Å². The molecule has 1 aliphatic rings. The molecule has 0 atom stereocenters. The molecule has 1 aromatic carbocycles. The van der Waals surface area contributed by atoms with E-state index >= 15 is 0 Å². The van der Waals surface area contributed by atoms with E-state index in [2.05, 4.69) is 16.4 Å². The maximum atomic E-state index is 2.86. The van der Waals surface area contributed by atoms with Crippen LogP contribution in [0.1, 0.15) is 0 Å². The second-order valence-corrected chi connectivity index (χ2v) is 2.13. The molecule has 3 heteroatoms. The van der Waals surface area contributed by atoms with E-state index in [-0.39, 0.29) is 0 Å². The van der Waals surface area contributed by atoms with Gasteiger partial charge in [-0.2, -0.15) is 5.53 Å². The van der Waals surface area contributed by atoms with Crippen LogP contribution >= 0.6 is 0 Å². The molecule has 0 radical (unpaired) electrons. The maximum Gasteiger partial charge on any atom is 0.0253 e. The minimum absolute atomic E-state index is 1.03. The number of rotatable bonds is 0. The molecule has 1 aliphatic heterocycles. The fourth-order valence-corrected chi connectivity index (χ4v) is 0.697. The normalized spacial score (nSPS) is 15.3. The SMILES string of the molecule is C1CNNN1.c1ccccc1. The highest BCUT2D eigenvalue weighted by molar-refractivity contribution is 4.99. The Morgan fingerprint density at radius 1 is 0.636 bits per heavy atom. The van der Waals surface area contributed by atoms with Crippen molar-refractivity contribution in [3.63, 3.8) is 0 Å². The van der Waals surface area contributed by atoms with Crippen LogP contribution in [0.2, 0.25) is 0 Å². The van der Waals surface area contributed by atoms with Gasteiger partial charge in [0.05, 0.1) is 0 Å². The number of hydrogen-bond donors (Lipinski definition) is 3. The predicted octanol–water partition coefficient (Wildman–Crippen LogP) is 0.285. The van der Waals surface area contributed by atoms with E-state index < -0.39 is 0 Å². The lowest BCUT2D eigenvalue weighted by atomic mass is 10.4. The van der Waals surface area contributed by atoms with Gasteiger partial charge < -0.3 is 0 Å². The fourth-order valence-electron chi connectivity index (χ4n) is 0.697. The first-order valence-corrected chi connectivity index (χ1v) is 3.71. The van der Waals surface area contributed by atoms with Gasteiger partial charge in [-0.05, 0) is 0 Å². The molecule has 0 saturated carbocycles. The van der Waals surface area contributed by atoms with Crippen molar-refractivity contribution in [3.8, 4) is 0 Å². The molecule has 1 fully saturated rings. The molecule has 0 spiro atoms. The van der Waals surface area contributed by atoms with Gasteiger partial charge in [0.25, 0.3) is 0 Å². The third-order valence-corrected chi connectivity index (χ3v) is 1.22. The summed E-state index contributed by atoms with van der Waals surface area (Å²) in [5.74, 6) is 0. The van der Waals surface area contributed by atoms with Gasteiger partial charge in [0, 0.05) is 13.1 Å². The smallest absolute Gasteiger partial charge is 0.0253 e. The second-order valence-electron chi connectivity index (χ2n) is 2.13. The van der Waals surface area contributed by atoms with Crippen LogP contribution in [0.5, 0.6) is 0 Å². The molecular weight excluding hydrogens is 138 g/mol. The first-order chi connectivity index (χ1) is 5.50. The highest BCUT2D eigenvalue weighted by Crippen LogP contribution is 1.79. The molecule has 11 heavy (non-hydrogen) atoms. The Morgan fingerprint density at radius 3 is 1.18 bits per heavy atom. The van der Waals surface area contributed by atoms with Crippen molar-refractivity contribution in [2.45, 2.75) is 0 Å². The van der Waals surface area contributed by atoms with Crippen molar-refractivity contribution in [1.29, 1.82) is 0 Å². The van der Waals surface area contributed by atoms with Crippen LogP contribution in [0.4, 0.5) is 0 Å². The minimum atomic E-state index is 1.03. The molecule has 3 N–H and O–H groups in total. The van der Waals surface area contributed by atoms with Crippen LogP contribution in [0.15, 0.2) is 36.4 Å². The van der Waals surface area contributed by atoms with E-state index in [1.807, 2.05) is 36.4 Å². The van der Waals surface area contributed by atoms with E-state index in [4.69, 9.17) is 0 Å². The summed E-state index contributed by atoms with van der Waals surface area (Å²) in [6, 6.07) is 12.0. The van der Waals surface area contributed by atoms with E-state index in [0.717, 1.165) is 13.1 Å². The van der Waals surface area contributed by atoms with E-state index in [1.165, 1.54) is 0 Å². The highest BCUT2D eigenvalue weighted by Gasteiger charge is 1.89. The van der Waals surface area contributed by atoms with Crippen LogP contribution in [0, 0.1) is 0 Å².